The second-order valence-electron chi connectivity index (χ2n) is 7.08. The van der Waals surface area contributed by atoms with E-state index < -0.39 is 37.0 Å². The Balaban J connectivity index is 1.97. The van der Waals surface area contributed by atoms with E-state index in [1.54, 1.807) is 17.7 Å². The summed E-state index contributed by atoms with van der Waals surface area (Å²) in [4.78, 5) is 16.1. The van der Waals surface area contributed by atoms with Crippen LogP contribution >= 0.6 is 0 Å². The first-order valence-corrected chi connectivity index (χ1v) is 8.57. The number of aliphatic hydroxyl groups is 3. The van der Waals surface area contributed by atoms with Gasteiger partial charge in [-0.1, -0.05) is 0 Å². The molecule has 2 unspecified atom stereocenters. The summed E-state index contributed by atoms with van der Waals surface area (Å²) in [5.41, 5.74) is -1.34. The zero-order chi connectivity index (χ0) is 19.5. The SMILES string of the molecule is COC1Nc2nc(=O)cc(C)c3cn(C4O[C@H](CO)[C@@H](O)[C@@]4(C)O)c(c23)N1. The van der Waals surface area contributed by atoms with Gasteiger partial charge in [-0.2, -0.15) is 4.98 Å². The summed E-state index contributed by atoms with van der Waals surface area (Å²) in [6, 6.07) is 1.42. The summed E-state index contributed by atoms with van der Waals surface area (Å²) < 4.78 is 12.7. The molecule has 1 fully saturated rings. The summed E-state index contributed by atoms with van der Waals surface area (Å²) in [6.07, 6.45) is -2.10. The first-order valence-electron chi connectivity index (χ1n) is 8.57. The number of aryl methyl sites for hydroxylation is 1. The van der Waals surface area contributed by atoms with Gasteiger partial charge in [-0.05, 0) is 19.4 Å². The Bertz CT molecular complexity index is 959. The lowest BCUT2D eigenvalue weighted by Gasteiger charge is -2.31. The van der Waals surface area contributed by atoms with Crippen molar-refractivity contribution in [2.75, 3.05) is 24.4 Å². The van der Waals surface area contributed by atoms with Crippen LogP contribution in [0.2, 0.25) is 0 Å². The molecular weight excluding hydrogens is 356 g/mol. The summed E-state index contributed by atoms with van der Waals surface area (Å²) in [7, 11) is 1.49. The molecule has 146 valence electrons. The standard InChI is InChI=1S/C17H22N4O6/c1-7-4-10(23)18-13-11-8(7)5-21(14(11)20-16(19-13)26-3)15-17(2,25)12(24)9(6-22)27-15/h4-5,9,12,15-16,20,22,24-25H,6H2,1-3H3,(H,18,19,23)/t9-,12-,15?,16?,17-/m1/s1. The van der Waals surface area contributed by atoms with Gasteiger partial charge >= 0.3 is 0 Å². The van der Waals surface area contributed by atoms with Crippen molar-refractivity contribution in [1.82, 2.24) is 9.55 Å². The third-order valence-corrected chi connectivity index (χ3v) is 5.21. The van der Waals surface area contributed by atoms with Crippen LogP contribution in [0.3, 0.4) is 0 Å². The van der Waals surface area contributed by atoms with Crippen molar-refractivity contribution in [1.29, 1.82) is 0 Å². The van der Waals surface area contributed by atoms with E-state index in [1.807, 2.05) is 0 Å². The van der Waals surface area contributed by atoms with Gasteiger partial charge in [0.2, 0.25) is 6.35 Å². The van der Waals surface area contributed by atoms with E-state index in [0.29, 0.717) is 22.6 Å². The van der Waals surface area contributed by atoms with Crippen LogP contribution in [0.15, 0.2) is 17.1 Å². The normalized spacial score (nSPS) is 32.4. The molecule has 10 nitrogen and oxygen atoms in total. The van der Waals surface area contributed by atoms with Gasteiger partial charge in [-0.3, -0.25) is 4.79 Å². The largest absolute Gasteiger partial charge is 0.394 e. The topological polar surface area (TPSA) is 138 Å². The van der Waals surface area contributed by atoms with E-state index in [9.17, 15) is 20.1 Å². The molecule has 5 N–H and O–H groups in total. The number of ether oxygens (including phenoxy) is 2. The van der Waals surface area contributed by atoms with Crippen molar-refractivity contribution >= 4 is 22.4 Å². The molecule has 10 heteroatoms. The Morgan fingerprint density at radius 3 is 2.81 bits per heavy atom. The molecule has 2 aliphatic heterocycles. The molecule has 0 saturated carbocycles. The molecule has 1 saturated heterocycles. The highest BCUT2D eigenvalue weighted by atomic mass is 16.6. The van der Waals surface area contributed by atoms with E-state index >= 15 is 0 Å². The van der Waals surface area contributed by atoms with Gasteiger partial charge in [-0.25, -0.2) is 0 Å². The monoisotopic (exact) mass is 378 g/mol. The molecule has 4 rings (SSSR count). The number of rotatable bonds is 3. The highest BCUT2D eigenvalue weighted by Gasteiger charge is 2.53. The van der Waals surface area contributed by atoms with Gasteiger partial charge in [0.25, 0.3) is 5.56 Å². The number of aliphatic hydroxyl groups excluding tert-OH is 2. The van der Waals surface area contributed by atoms with Crippen molar-refractivity contribution in [3.05, 3.63) is 28.2 Å². The van der Waals surface area contributed by atoms with Gasteiger partial charge in [0.1, 0.15) is 29.4 Å². The zero-order valence-electron chi connectivity index (χ0n) is 15.1. The Morgan fingerprint density at radius 1 is 1.44 bits per heavy atom. The Morgan fingerprint density at radius 2 is 2.19 bits per heavy atom. The predicted octanol–water partition coefficient (Wildman–Crippen LogP) is -0.526. The fraction of sp³-hybridized carbons (Fsp3) is 0.529. The lowest BCUT2D eigenvalue weighted by atomic mass is 9.96. The molecule has 2 aliphatic rings. The summed E-state index contributed by atoms with van der Waals surface area (Å²) in [5.74, 6) is 0.868. The average Bonchev–Trinajstić information content (AvgIpc) is 3.06. The van der Waals surface area contributed by atoms with Gasteiger partial charge < -0.3 is 40.0 Å². The molecular formula is C17H22N4O6. The van der Waals surface area contributed by atoms with E-state index in [1.165, 1.54) is 20.1 Å². The molecule has 5 atom stereocenters. The van der Waals surface area contributed by atoms with Crippen LogP contribution in [0.5, 0.6) is 0 Å². The molecule has 0 aromatic carbocycles. The highest BCUT2D eigenvalue weighted by molar-refractivity contribution is 6.03. The quantitative estimate of drug-likeness (QED) is 0.477. The maximum absolute atomic E-state index is 12.0. The maximum Gasteiger partial charge on any atom is 0.271 e. The summed E-state index contributed by atoms with van der Waals surface area (Å²) >= 11 is 0. The summed E-state index contributed by atoms with van der Waals surface area (Å²) in [5, 5.41) is 38.1. The number of hydrogen-bond acceptors (Lipinski definition) is 9. The smallest absolute Gasteiger partial charge is 0.271 e. The van der Waals surface area contributed by atoms with Crippen LogP contribution in [0.1, 0.15) is 18.7 Å². The minimum absolute atomic E-state index is 0.347. The highest BCUT2D eigenvalue weighted by Crippen LogP contribution is 2.44. The molecule has 0 amide bonds. The van der Waals surface area contributed by atoms with Crippen molar-refractivity contribution in [2.24, 2.45) is 0 Å². The molecule has 4 heterocycles. The Hall–Kier alpha value is -2.24. The minimum Gasteiger partial charge on any atom is -0.394 e. The van der Waals surface area contributed by atoms with Crippen LogP contribution in [0.25, 0.3) is 10.8 Å². The van der Waals surface area contributed by atoms with Gasteiger partial charge in [0.15, 0.2) is 6.23 Å². The second-order valence-corrected chi connectivity index (χ2v) is 7.08. The van der Waals surface area contributed by atoms with Crippen molar-refractivity contribution in [3.8, 4) is 0 Å². The average molecular weight is 378 g/mol. The van der Waals surface area contributed by atoms with Gasteiger partial charge in [-0.15, -0.1) is 0 Å². The number of hydrogen-bond donors (Lipinski definition) is 5. The molecule has 27 heavy (non-hydrogen) atoms. The third kappa shape index (κ3) is 2.60. The van der Waals surface area contributed by atoms with Gasteiger partial charge in [0.05, 0.1) is 12.0 Å². The number of nitrogens with one attached hydrogen (secondary N) is 2. The van der Waals surface area contributed by atoms with Crippen molar-refractivity contribution < 1.29 is 24.8 Å². The Kier molecular flexibility index (Phi) is 4.13. The fourth-order valence-electron chi connectivity index (χ4n) is 3.75. The number of methoxy groups -OCH3 is 1. The van der Waals surface area contributed by atoms with E-state index in [0.717, 1.165) is 5.39 Å². The fourth-order valence-corrected chi connectivity index (χ4v) is 3.75. The van der Waals surface area contributed by atoms with Gasteiger partial charge in [0, 0.05) is 24.8 Å². The molecule has 0 radical (unpaired) electrons. The molecule has 0 spiro atoms. The predicted molar refractivity (Wildman–Crippen MR) is 96.4 cm³/mol. The first-order chi connectivity index (χ1) is 12.8. The maximum atomic E-state index is 12.0. The Labute approximate surface area is 154 Å². The third-order valence-electron chi connectivity index (χ3n) is 5.21. The lowest BCUT2D eigenvalue weighted by Crippen LogP contribution is -2.44. The van der Waals surface area contributed by atoms with E-state index in [2.05, 4.69) is 15.6 Å². The lowest BCUT2D eigenvalue weighted by molar-refractivity contribution is -0.0956. The van der Waals surface area contributed by atoms with E-state index in [-0.39, 0.29) is 5.56 Å². The minimum atomic E-state index is -1.65. The summed E-state index contributed by atoms with van der Waals surface area (Å²) in [6.45, 7) is 2.81. The van der Waals surface area contributed by atoms with E-state index in [4.69, 9.17) is 9.47 Å². The number of nitrogens with zero attached hydrogens (tertiary/aromatic N) is 2. The first kappa shape index (κ1) is 18.1. The molecule has 2 aromatic heterocycles. The van der Waals surface area contributed by atoms with Crippen LogP contribution in [0.4, 0.5) is 11.6 Å². The van der Waals surface area contributed by atoms with Crippen LogP contribution in [-0.2, 0) is 9.47 Å². The van der Waals surface area contributed by atoms with Crippen molar-refractivity contribution in [3.63, 3.8) is 0 Å². The molecule has 0 bridgehead atoms. The zero-order valence-corrected chi connectivity index (χ0v) is 15.1. The van der Waals surface area contributed by atoms with Crippen LogP contribution < -0.4 is 16.2 Å². The second kappa shape index (κ2) is 6.14. The number of aromatic nitrogens is 2. The molecule has 0 aliphatic carbocycles. The van der Waals surface area contributed by atoms with Crippen molar-refractivity contribution in [2.45, 2.75) is 44.2 Å². The molecule has 2 aromatic rings. The number of anilines is 2. The van der Waals surface area contributed by atoms with Crippen LogP contribution in [0, 0.1) is 6.92 Å². The van der Waals surface area contributed by atoms with Crippen LogP contribution in [-0.4, -0.2) is 62.7 Å².